The average Bonchev–Trinajstić information content (AvgIpc) is 3.12. The number of carbonyl (C=O) groups excluding carboxylic acids is 2. The zero-order valence-corrected chi connectivity index (χ0v) is 15.6. The molecule has 5 nitrogen and oxygen atoms in total. The van der Waals surface area contributed by atoms with Crippen molar-refractivity contribution in [3.8, 4) is 0 Å². The van der Waals surface area contributed by atoms with Crippen LogP contribution in [0.3, 0.4) is 0 Å². The fourth-order valence-electron chi connectivity index (χ4n) is 2.87. The Morgan fingerprint density at radius 2 is 1.96 bits per heavy atom. The van der Waals surface area contributed by atoms with Crippen molar-refractivity contribution in [2.75, 3.05) is 13.1 Å². The van der Waals surface area contributed by atoms with Gasteiger partial charge in [-0.15, -0.1) is 0 Å². The van der Waals surface area contributed by atoms with Crippen LogP contribution in [0.4, 0.5) is 0 Å². The molecule has 1 fully saturated rings. The van der Waals surface area contributed by atoms with Gasteiger partial charge in [0.1, 0.15) is 0 Å². The van der Waals surface area contributed by atoms with Crippen LogP contribution in [0.25, 0.3) is 0 Å². The van der Waals surface area contributed by atoms with Gasteiger partial charge in [0.15, 0.2) is 5.76 Å². The molecule has 1 aliphatic rings. The Morgan fingerprint density at radius 1 is 1.21 bits per heavy atom. The quantitative estimate of drug-likeness (QED) is 0.749. The van der Waals surface area contributed by atoms with E-state index in [1.165, 1.54) is 6.26 Å². The highest BCUT2D eigenvalue weighted by Gasteiger charge is 2.26. The number of hydrogen-bond acceptors (Lipinski definition) is 3. The summed E-state index contributed by atoms with van der Waals surface area (Å²) in [4.78, 5) is 26.5. The van der Waals surface area contributed by atoms with Crippen LogP contribution >= 0.6 is 22.6 Å². The molecule has 0 atom stereocenters. The van der Waals surface area contributed by atoms with Gasteiger partial charge in [-0.2, -0.15) is 0 Å². The molecule has 1 aromatic heterocycles. The Morgan fingerprint density at radius 3 is 2.62 bits per heavy atom. The molecule has 0 radical (unpaired) electrons. The normalized spacial score (nSPS) is 15.3. The van der Waals surface area contributed by atoms with Gasteiger partial charge >= 0.3 is 0 Å². The third-order valence-corrected chi connectivity index (χ3v) is 5.72. The van der Waals surface area contributed by atoms with Crippen molar-refractivity contribution >= 4 is 34.4 Å². The van der Waals surface area contributed by atoms with Crippen molar-refractivity contribution in [1.82, 2.24) is 10.2 Å². The van der Waals surface area contributed by atoms with E-state index in [4.69, 9.17) is 4.42 Å². The van der Waals surface area contributed by atoms with E-state index in [0.29, 0.717) is 24.4 Å². The molecule has 1 aromatic carbocycles. The molecule has 0 bridgehead atoms. The van der Waals surface area contributed by atoms with Gasteiger partial charge in [0.25, 0.3) is 11.8 Å². The van der Waals surface area contributed by atoms with E-state index in [2.05, 4.69) is 27.9 Å². The number of halogens is 1. The van der Waals surface area contributed by atoms with E-state index in [-0.39, 0.29) is 17.9 Å². The molecule has 24 heavy (non-hydrogen) atoms. The Hall–Kier alpha value is -1.83. The van der Waals surface area contributed by atoms with Crippen molar-refractivity contribution in [3.05, 3.63) is 57.1 Å². The third-order valence-electron chi connectivity index (χ3n) is 4.29. The maximum absolute atomic E-state index is 12.5. The monoisotopic (exact) mass is 438 g/mol. The van der Waals surface area contributed by atoms with Crippen molar-refractivity contribution in [3.63, 3.8) is 0 Å². The molecule has 1 N–H and O–H groups in total. The van der Waals surface area contributed by atoms with Crippen molar-refractivity contribution in [2.24, 2.45) is 0 Å². The first kappa shape index (κ1) is 17.0. The summed E-state index contributed by atoms with van der Waals surface area (Å²) in [5, 5.41) is 3.09. The fourth-order valence-corrected chi connectivity index (χ4v) is 3.47. The van der Waals surface area contributed by atoms with Crippen LogP contribution in [-0.4, -0.2) is 35.8 Å². The van der Waals surface area contributed by atoms with Crippen LogP contribution < -0.4 is 5.32 Å². The molecule has 1 saturated heterocycles. The van der Waals surface area contributed by atoms with E-state index in [0.717, 1.165) is 22.0 Å². The lowest BCUT2D eigenvalue weighted by molar-refractivity contribution is 0.0667. The van der Waals surface area contributed by atoms with Crippen LogP contribution in [0.1, 0.15) is 39.3 Å². The number of furan rings is 1. The van der Waals surface area contributed by atoms with Crippen molar-refractivity contribution < 1.29 is 14.0 Å². The number of amides is 2. The summed E-state index contributed by atoms with van der Waals surface area (Å²) in [6, 6.07) is 9.22. The molecule has 0 unspecified atom stereocenters. The molecule has 126 valence electrons. The Bertz CT molecular complexity index is 735. The van der Waals surface area contributed by atoms with Gasteiger partial charge in [-0.3, -0.25) is 9.59 Å². The van der Waals surface area contributed by atoms with Crippen LogP contribution in [0, 0.1) is 10.5 Å². The highest BCUT2D eigenvalue weighted by molar-refractivity contribution is 14.1. The fraction of sp³-hybridized carbons (Fsp3) is 0.333. The number of hydrogen-bond donors (Lipinski definition) is 1. The lowest BCUT2D eigenvalue weighted by atomic mass is 10.0. The van der Waals surface area contributed by atoms with Gasteiger partial charge in [-0.1, -0.05) is 12.1 Å². The zero-order valence-electron chi connectivity index (χ0n) is 13.4. The first-order valence-corrected chi connectivity index (χ1v) is 9.03. The van der Waals surface area contributed by atoms with E-state index in [9.17, 15) is 9.59 Å². The van der Waals surface area contributed by atoms with Gasteiger partial charge in [0.05, 0.1) is 11.8 Å². The zero-order chi connectivity index (χ0) is 17.1. The van der Waals surface area contributed by atoms with Crippen LogP contribution in [-0.2, 0) is 0 Å². The molecule has 3 rings (SSSR count). The minimum Gasteiger partial charge on any atom is -0.459 e. The lowest BCUT2D eigenvalue weighted by Crippen LogP contribution is -2.46. The summed E-state index contributed by atoms with van der Waals surface area (Å²) in [6.07, 6.45) is 3.00. The summed E-state index contributed by atoms with van der Waals surface area (Å²) < 4.78 is 6.14. The molecule has 0 saturated carbocycles. The van der Waals surface area contributed by atoms with Crippen molar-refractivity contribution in [2.45, 2.75) is 25.8 Å². The summed E-state index contributed by atoms with van der Waals surface area (Å²) in [6.45, 7) is 3.24. The van der Waals surface area contributed by atoms with Gasteiger partial charge in [-0.25, -0.2) is 0 Å². The first-order valence-electron chi connectivity index (χ1n) is 7.95. The molecule has 2 amide bonds. The highest BCUT2D eigenvalue weighted by Crippen LogP contribution is 2.18. The molecule has 0 aliphatic carbocycles. The second kappa shape index (κ2) is 7.38. The van der Waals surface area contributed by atoms with Crippen LogP contribution in [0.2, 0.25) is 0 Å². The number of nitrogens with zero attached hydrogens (tertiary/aromatic N) is 1. The summed E-state index contributed by atoms with van der Waals surface area (Å²) in [5.41, 5.74) is 1.81. The highest BCUT2D eigenvalue weighted by atomic mass is 127. The summed E-state index contributed by atoms with van der Waals surface area (Å²) >= 11 is 2.21. The van der Waals surface area contributed by atoms with Crippen LogP contribution in [0.15, 0.2) is 41.0 Å². The average molecular weight is 438 g/mol. The number of carbonyl (C=O) groups is 2. The molecule has 6 heteroatoms. The second-order valence-electron chi connectivity index (χ2n) is 5.95. The molecule has 2 heterocycles. The van der Waals surface area contributed by atoms with E-state index >= 15 is 0 Å². The Kier molecular flexibility index (Phi) is 5.23. The maximum Gasteiger partial charge on any atom is 0.289 e. The molecule has 2 aromatic rings. The predicted molar refractivity (Wildman–Crippen MR) is 99.0 cm³/mol. The molecular formula is C18H19IN2O3. The minimum absolute atomic E-state index is 0.0427. The van der Waals surface area contributed by atoms with E-state index < -0.39 is 0 Å². The SMILES string of the molecule is Cc1cccc(C(=O)NC2CCN(C(=O)c3ccco3)CC2)c1I. The molecule has 1 aliphatic heterocycles. The molecule has 0 spiro atoms. The predicted octanol–water partition coefficient (Wildman–Crippen LogP) is 3.23. The number of piperidine rings is 1. The van der Waals surface area contributed by atoms with Gasteiger partial charge in [0, 0.05) is 22.7 Å². The summed E-state index contributed by atoms with van der Waals surface area (Å²) in [5.74, 6) is 0.240. The largest absolute Gasteiger partial charge is 0.459 e. The molecular weight excluding hydrogens is 419 g/mol. The minimum atomic E-state index is -0.0852. The topological polar surface area (TPSA) is 62.6 Å². The summed E-state index contributed by atoms with van der Waals surface area (Å²) in [7, 11) is 0. The first-order chi connectivity index (χ1) is 11.6. The third kappa shape index (κ3) is 3.63. The standard InChI is InChI=1S/C18H19IN2O3/c1-12-4-2-5-14(16(12)19)17(22)20-13-7-9-21(10-8-13)18(23)15-6-3-11-24-15/h2-6,11,13H,7-10H2,1H3,(H,20,22). The number of aryl methyl sites for hydroxylation is 1. The number of rotatable bonds is 3. The second-order valence-corrected chi connectivity index (χ2v) is 7.03. The number of nitrogens with one attached hydrogen (secondary N) is 1. The Balaban J connectivity index is 1.56. The lowest BCUT2D eigenvalue weighted by Gasteiger charge is -2.32. The van der Waals surface area contributed by atoms with Crippen LogP contribution in [0.5, 0.6) is 0 Å². The number of benzene rings is 1. The van der Waals surface area contributed by atoms with E-state index in [1.807, 2.05) is 25.1 Å². The van der Waals surface area contributed by atoms with Gasteiger partial charge in [-0.05, 0) is 66.1 Å². The smallest absolute Gasteiger partial charge is 0.289 e. The van der Waals surface area contributed by atoms with Gasteiger partial charge < -0.3 is 14.6 Å². The van der Waals surface area contributed by atoms with E-state index in [1.54, 1.807) is 17.0 Å². The van der Waals surface area contributed by atoms with Gasteiger partial charge in [0.2, 0.25) is 0 Å². The number of likely N-dealkylation sites (tertiary alicyclic amines) is 1. The maximum atomic E-state index is 12.5. The Labute approximate surface area is 154 Å². The van der Waals surface area contributed by atoms with Crippen molar-refractivity contribution in [1.29, 1.82) is 0 Å².